The fourth-order valence-corrected chi connectivity index (χ4v) is 6.44. The molecule has 2 aromatic rings. The number of carboxylic acid groups (broad SMARTS) is 1. The Morgan fingerprint density at radius 1 is 1.25 bits per heavy atom. The molecule has 2 fully saturated rings. The van der Waals surface area contributed by atoms with Crippen molar-refractivity contribution in [2.24, 2.45) is 0 Å². The number of amides is 4. The number of nitro benzene ring substituents is 1. The van der Waals surface area contributed by atoms with E-state index in [0.29, 0.717) is 21.7 Å². The third-order valence-corrected chi connectivity index (χ3v) is 8.20. The minimum Gasteiger partial charge on any atom is -0.478 e. The SMILES string of the molecule is CC1(C)S[C@@H]2CC(=O)N2[C@@]1(NC(=O)CN(NC=O)C(=O)OCc1ccc([N+](=O)[O-])cc1-c1ccccc1)C(=O)O. The van der Waals surface area contributed by atoms with Gasteiger partial charge in [-0.25, -0.2) is 14.6 Å². The lowest BCUT2D eigenvalue weighted by molar-refractivity contribution is -0.384. The molecule has 2 aliphatic rings. The van der Waals surface area contributed by atoms with Gasteiger partial charge in [0.05, 0.1) is 21.5 Å². The van der Waals surface area contributed by atoms with Gasteiger partial charge in [0.25, 0.3) is 5.69 Å². The van der Waals surface area contributed by atoms with Crippen LogP contribution < -0.4 is 10.7 Å². The monoisotopic (exact) mass is 571 g/mol. The molecule has 210 valence electrons. The van der Waals surface area contributed by atoms with Gasteiger partial charge in [0, 0.05) is 12.1 Å². The van der Waals surface area contributed by atoms with Gasteiger partial charge in [0.15, 0.2) is 0 Å². The van der Waals surface area contributed by atoms with Gasteiger partial charge in [-0.2, -0.15) is 0 Å². The van der Waals surface area contributed by atoms with Crippen LogP contribution in [0.2, 0.25) is 0 Å². The number of hydrogen-bond donors (Lipinski definition) is 3. The summed E-state index contributed by atoms with van der Waals surface area (Å²) in [5.41, 5.74) is 1.29. The standard InChI is InChI=1S/C25H25N5O9S/c1-24(2)25(22(34)35,29-20(33)11-21(29)40-24)27-19(32)12-28(26-14-31)23(36)39-13-16-8-9-17(30(37)38)10-18(16)15-6-4-3-5-7-15/h3-10,14,21H,11-13H2,1-2H3,(H,26,31)(H,27,32)(H,34,35)/t21-,25+/m1/s1. The summed E-state index contributed by atoms with van der Waals surface area (Å²) in [5, 5.41) is 23.9. The fraction of sp³-hybridized carbons (Fsp3) is 0.320. The average Bonchev–Trinajstić information content (AvgIpc) is 3.09. The van der Waals surface area contributed by atoms with E-state index in [-0.39, 0.29) is 25.1 Å². The maximum atomic E-state index is 13.0. The number of non-ortho nitro benzene ring substituents is 1. The third kappa shape index (κ3) is 5.02. The van der Waals surface area contributed by atoms with Crippen LogP contribution in [-0.4, -0.2) is 72.6 Å². The molecule has 0 aliphatic carbocycles. The number of nitrogens with zero attached hydrogens (tertiary/aromatic N) is 3. The summed E-state index contributed by atoms with van der Waals surface area (Å²) in [7, 11) is 0. The molecule has 3 N–H and O–H groups in total. The van der Waals surface area contributed by atoms with E-state index in [0.717, 1.165) is 4.90 Å². The van der Waals surface area contributed by atoms with Crippen molar-refractivity contribution in [2.75, 3.05) is 6.54 Å². The van der Waals surface area contributed by atoms with Crippen LogP contribution in [0.15, 0.2) is 48.5 Å². The predicted octanol–water partition coefficient (Wildman–Crippen LogP) is 1.84. The minimum atomic E-state index is -2.07. The number of nitrogens with one attached hydrogen (secondary N) is 2. The molecule has 2 aromatic carbocycles. The zero-order valence-corrected chi connectivity index (χ0v) is 22.2. The first-order chi connectivity index (χ1) is 18.9. The number of carbonyl (C=O) groups is 5. The van der Waals surface area contributed by atoms with Crippen LogP contribution in [0, 0.1) is 10.1 Å². The average molecular weight is 572 g/mol. The summed E-state index contributed by atoms with van der Waals surface area (Å²) in [6.45, 7) is 1.97. The van der Waals surface area contributed by atoms with Crippen molar-refractivity contribution in [1.82, 2.24) is 20.7 Å². The molecule has 4 rings (SSSR count). The molecule has 14 nitrogen and oxygen atoms in total. The third-order valence-electron chi connectivity index (χ3n) is 6.67. The van der Waals surface area contributed by atoms with Crippen molar-refractivity contribution >= 4 is 47.7 Å². The number of hydrogen-bond acceptors (Lipinski definition) is 9. The molecule has 2 aliphatic heterocycles. The highest BCUT2D eigenvalue weighted by Gasteiger charge is 2.70. The van der Waals surface area contributed by atoms with Crippen molar-refractivity contribution in [3.05, 3.63) is 64.2 Å². The molecule has 15 heteroatoms. The molecular formula is C25H25N5O9S. The van der Waals surface area contributed by atoms with Crippen molar-refractivity contribution in [3.63, 3.8) is 0 Å². The highest BCUT2D eigenvalue weighted by Crippen LogP contribution is 2.55. The van der Waals surface area contributed by atoms with Gasteiger partial charge < -0.3 is 15.2 Å². The number of nitro groups is 1. The normalized spacial score (nSPS) is 20.5. The van der Waals surface area contributed by atoms with E-state index in [1.54, 1.807) is 44.2 Å². The predicted molar refractivity (Wildman–Crippen MR) is 140 cm³/mol. The number of benzene rings is 2. The van der Waals surface area contributed by atoms with E-state index in [2.05, 4.69) is 5.32 Å². The van der Waals surface area contributed by atoms with Crippen molar-refractivity contribution < 1.29 is 38.7 Å². The molecular weight excluding hydrogens is 546 g/mol. The maximum absolute atomic E-state index is 13.0. The summed E-state index contributed by atoms with van der Waals surface area (Å²) < 4.78 is 4.17. The molecule has 4 amide bonds. The second-order valence-electron chi connectivity index (χ2n) is 9.47. The lowest BCUT2D eigenvalue weighted by Gasteiger charge is -2.46. The Labute approximate surface area is 231 Å². The number of carbonyl (C=O) groups excluding carboxylic acids is 4. The summed E-state index contributed by atoms with van der Waals surface area (Å²) in [5.74, 6) is -2.86. The summed E-state index contributed by atoms with van der Waals surface area (Å²) >= 11 is 1.23. The zero-order chi connectivity index (χ0) is 29.2. The number of aliphatic carboxylic acids is 1. The Balaban J connectivity index is 1.50. The Kier molecular flexibility index (Phi) is 7.68. The largest absolute Gasteiger partial charge is 0.478 e. The highest BCUT2D eigenvalue weighted by atomic mass is 32.2. The molecule has 0 bridgehead atoms. The van der Waals surface area contributed by atoms with Crippen LogP contribution in [0.1, 0.15) is 25.8 Å². The fourth-order valence-electron chi connectivity index (χ4n) is 4.74. The second kappa shape index (κ2) is 10.8. The molecule has 0 radical (unpaired) electrons. The summed E-state index contributed by atoms with van der Waals surface area (Å²) in [6, 6.07) is 12.7. The quantitative estimate of drug-likeness (QED) is 0.164. The van der Waals surface area contributed by atoms with Crippen molar-refractivity contribution in [1.29, 1.82) is 0 Å². The van der Waals surface area contributed by atoms with Gasteiger partial charge in [-0.15, -0.1) is 11.8 Å². The van der Waals surface area contributed by atoms with Gasteiger partial charge in [0.1, 0.15) is 13.2 Å². The van der Waals surface area contributed by atoms with Crippen LogP contribution in [0.25, 0.3) is 11.1 Å². The van der Waals surface area contributed by atoms with E-state index >= 15 is 0 Å². The number of carboxylic acids is 1. The van der Waals surface area contributed by atoms with E-state index in [9.17, 15) is 39.2 Å². The molecule has 40 heavy (non-hydrogen) atoms. The van der Waals surface area contributed by atoms with Crippen molar-refractivity contribution in [3.8, 4) is 11.1 Å². The summed E-state index contributed by atoms with van der Waals surface area (Å²) in [6.07, 6.45) is -0.882. The first-order valence-electron chi connectivity index (χ1n) is 11.9. The molecule has 0 unspecified atom stereocenters. The number of hydrazine groups is 1. The highest BCUT2D eigenvalue weighted by molar-refractivity contribution is 8.01. The Bertz CT molecular complexity index is 1390. The number of fused-ring (bicyclic) bond motifs is 1. The number of rotatable bonds is 10. The van der Waals surface area contributed by atoms with Crippen LogP contribution in [0.3, 0.4) is 0 Å². The van der Waals surface area contributed by atoms with Crippen LogP contribution in [0.5, 0.6) is 0 Å². The lowest BCUT2D eigenvalue weighted by Crippen LogP contribution is -2.75. The van der Waals surface area contributed by atoms with E-state index in [4.69, 9.17) is 4.74 Å². The second-order valence-corrected chi connectivity index (χ2v) is 11.3. The number of β-lactam (4-membered cyclic amide) rings is 1. The van der Waals surface area contributed by atoms with Crippen LogP contribution >= 0.6 is 11.8 Å². The first-order valence-corrected chi connectivity index (χ1v) is 12.8. The molecule has 2 heterocycles. The Morgan fingerprint density at radius 2 is 1.95 bits per heavy atom. The van der Waals surface area contributed by atoms with Crippen LogP contribution in [0.4, 0.5) is 10.5 Å². The van der Waals surface area contributed by atoms with E-state index in [1.807, 2.05) is 5.43 Å². The van der Waals surface area contributed by atoms with E-state index in [1.165, 1.54) is 30.0 Å². The number of ether oxygens (including phenoxy) is 1. The van der Waals surface area contributed by atoms with Gasteiger partial charge in [-0.3, -0.25) is 34.8 Å². The van der Waals surface area contributed by atoms with E-state index < -0.39 is 51.1 Å². The van der Waals surface area contributed by atoms with Gasteiger partial charge in [0.2, 0.25) is 23.9 Å². The van der Waals surface area contributed by atoms with Crippen LogP contribution in [-0.2, 0) is 30.5 Å². The molecule has 0 spiro atoms. The Hall–Kier alpha value is -4.66. The maximum Gasteiger partial charge on any atom is 0.429 e. The minimum absolute atomic E-state index is 0.132. The zero-order valence-electron chi connectivity index (χ0n) is 21.4. The lowest BCUT2D eigenvalue weighted by atomic mass is 9.90. The molecule has 2 saturated heterocycles. The van der Waals surface area contributed by atoms with Gasteiger partial charge in [-0.05, 0) is 36.6 Å². The summed E-state index contributed by atoms with van der Waals surface area (Å²) in [4.78, 5) is 73.5. The molecule has 0 aromatic heterocycles. The topological polar surface area (TPSA) is 188 Å². The molecule has 0 saturated carbocycles. The number of thioether (sulfide) groups is 1. The van der Waals surface area contributed by atoms with Crippen molar-refractivity contribution in [2.45, 2.75) is 42.7 Å². The smallest absolute Gasteiger partial charge is 0.429 e. The Morgan fingerprint density at radius 3 is 2.55 bits per heavy atom. The van der Waals surface area contributed by atoms with Gasteiger partial charge in [-0.1, -0.05) is 30.3 Å². The van der Waals surface area contributed by atoms with Gasteiger partial charge >= 0.3 is 12.1 Å². The molecule has 2 atom stereocenters. The first kappa shape index (κ1) is 28.4.